The van der Waals surface area contributed by atoms with Crippen molar-refractivity contribution in [3.8, 4) is 0 Å². The number of carboxylic acids is 1. The highest BCUT2D eigenvalue weighted by molar-refractivity contribution is 5.86. The fourth-order valence-electron chi connectivity index (χ4n) is 1.31. The predicted octanol–water partition coefficient (Wildman–Crippen LogP) is 3.74. The number of halogens is 3. The maximum absolute atomic E-state index is 11.0. The molecule has 0 aromatic rings. The molecule has 0 saturated carbocycles. The van der Waals surface area contributed by atoms with Crippen molar-refractivity contribution in [2.45, 2.75) is 52.7 Å². The van der Waals surface area contributed by atoms with E-state index in [1.54, 1.807) is 6.08 Å². The molecule has 0 rings (SSSR count). The van der Waals surface area contributed by atoms with Gasteiger partial charge < -0.3 is 19.7 Å². The number of carboxylic acid groups (broad SMARTS) is 1. The van der Waals surface area contributed by atoms with Gasteiger partial charge in [0.15, 0.2) is 6.29 Å². The summed E-state index contributed by atoms with van der Waals surface area (Å²) in [6, 6.07) is 0. The second-order valence-corrected chi connectivity index (χ2v) is 5.24. The van der Waals surface area contributed by atoms with Gasteiger partial charge in [0.25, 0.3) is 0 Å². The molecule has 2 atom stereocenters. The molecule has 0 aromatic heterocycles. The first-order valence-corrected chi connectivity index (χ1v) is 8.01. The topological polar surface area (TPSA) is 110 Å². The van der Waals surface area contributed by atoms with Crippen LogP contribution in [0, 0.1) is 5.92 Å². The third kappa shape index (κ3) is 25.6. The zero-order valence-electron chi connectivity index (χ0n) is 16.1. The molecule has 7 nitrogen and oxygen atoms in total. The van der Waals surface area contributed by atoms with Crippen LogP contribution >= 0.6 is 0 Å². The number of carbonyl (C=O) groups is 3. The fourth-order valence-corrected chi connectivity index (χ4v) is 1.31. The molecular weight excluding hydrogens is 385 g/mol. The molecular formula is C18H27F3O7. The Hall–Kier alpha value is -2.62. The minimum Gasteiger partial charge on any atom is -0.481 e. The third-order valence-corrected chi connectivity index (χ3v) is 2.44. The number of hydrogen-bond acceptors (Lipinski definition) is 6. The first-order valence-electron chi connectivity index (χ1n) is 8.01. The lowest BCUT2D eigenvalue weighted by Crippen LogP contribution is -2.17. The van der Waals surface area contributed by atoms with E-state index in [4.69, 9.17) is 10.2 Å². The number of esters is 2. The highest BCUT2D eigenvalue weighted by Gasteiger charge is 2.32. The Morgan fingerprint density at radius 1 is 1.21 bits per heavy atom. The number of aliphatic carboxylic acids is 1. The molecule has 0 aliphatic carbocycles. The lowest BCUT2D eigenvalue weighted by Gasteiger charge is -2.05. The molecule has 2 unspecified atom stereocenters. The Morgan fingerprint density at radius 2 is 1.71 bits per heavy atom. The summed E-state index contributed by atoms with van der Waals surface area (Å²) in [4.78, 5) is 30.4. The van der Waals surface area contributed by atoms with Gasteiger partial charge in [0.1, 0.15) is 0 Å². The monoisotopic (exact) mass is 412 g/mol. The Balaban J connectivity index is -0.000000336. The van der Waals surface area contributed by atoms with Crippen LogP contribution in [0.5, 0.6) is 0 Å². The van der Waals surface area contributed by atoms with Crippen LogP contribution in [0.15, 0.2) is 37.5 Å². The summed E-state index contributed by atoms with van der Waals surface area (Å²) in [5.74, 6) is -2.65. The van der Waals surface area contributed by atoms with E-state index >= 15 is 0 Å². The van der Waals surface area contributed by atoms with Crippen LogP contribution in [0.4, 0.5) is 13.2 Å². The molecule has 0 bridgehead atoms. The van der Waals surface area contributed by atoms with E-state index in [0.717, 1.165) is 12.8 Å². The van der Waals surface area contributed by atoms with Crippen molar-refractivity contribution in [3.63, 3.8) is 0 Å². The number of rotatable bonds is 8. The molecule has 0 amide bonds. The summed E-state index contributed by atoms with van der Waals surface area (Å²) in [6.45, 7) is 14.6. The Morgan fingerprint density at radius 3 is 1.89 bits per heavy atom. The largest absolute Gasteiger partial charge is 0.575 e. The van der Waals surface area contributed by atoms with Gasteiger partial charge in [-0.15, -0.1) is 19.8 Å². The molecule has 0 radical (unpaired) electrons. The Kier molecular flexibility index (Phi) is 17.8. The van der Waals surface area contributed by atoms with Crippen LogP contribution in [0.25, 0.3) is 0 Å². The second-order valence-electron chi connectivity index (χ2n) is 5.24. The van der Waals surface area contributed by atoms with Crippen molar-refractivity contribution in [2.75, 3.05) is 0 Å². The third-order valence-electron chi connectivity index (χ3n) is 2.44. The second kappa shape index (κ2) is 16.5. The highest BCUT2D eigenvalue weighted by atomic mass is 19.4. The first kappa shape index (κ1) is 30.1. The maximum Gasteiger partial charge on any atom is 0.575 e. The van der Waals surface area contributed by atoms with Crippen LogP contribution in [0.3, 0.4) is 0 Å². The summed E-state index contributed by atoms with van der Waals surface area (Å²) in [5, 5.41) is 16.9. The number of allylic oxidation sites excluding steroid dienone is 1. The molecule has 0 heterocycles. The number of aliphatic hydroxyl groups is 1. The molecule has 0 aliphatic heterocycles. The summed E-state index contributed by atoms with van der Waals surface area (Å²) >= 11 is 0. The zero-order valence-corrected chi connectivity index (χ0v) is 16.1. The van der Waals surface area contributed by atoms with E-state index in [1.165, 1.54) is 13.8 Å². The van der Waals surface area contributed by atoms with Gasteiger partial charge in [-0.25, -0.2) is 9.59 Å². The smallest absolute Gasteiger partial charge is 0.481 e. The summed E-state index contributed by atoms with van der Waals surface area (Å²) in [7, 11) is 0. The molecule has 0 aliphatic rings. The molecule has 0 saturated heterocycles. The molecule has 10 heteroatoms. The zero-order chi connectivity index (χ0) is 22.9. The standard InChI is InChI=1S/C8H14O2.C6H10O3.C4H3F3O2/c1-3-5-7(4-2)6-8(9)10;1-4(2)6(8)9-5(3)7;1-2-3(8)9-4(5,6)7/h4,7H,2-3,5-6H2,1H3,(H,9,10);5,7H,1H2,2-3H3;2H,1H2. The van der Waals surface area contributed by atoms with E-state index in [0.29, 0.717) is 6.08 Å². The van der Waals surface area contributed by atoms with Crippen molar-refractivity contribution < 1.29 is 47.2 Å². The molecule has 28 heavy (non-hydrogen) atoms. The average molecular weight is 412 g/mol. The SMILES string of the molecule is C=C(C)C(=O)OC(C)O.C=CC(=O)OC(F)(F)F.C=CC(CCC)CC(=O)O. The van der Waals surface area contributed by atoms with Gasteiger partial charge in [0, 0.05) is 11.6 Å². The summed E-state index contributed by atoms with van der Waals surface area (Å²) in [5.41, 5.74) is 0.288. The van der Waals surface area contributed by atoms with Gasteiger partial charge >= 0.3 is 24.3 Å². The first-order chi connectivity index (χ1) is 12.7. The van der Waals surface area contributed by atoms with E-state index in [-0.39, 0.29) is 17.9 Å². The van der Waals surface area contributed by atoms with Crippen LogP contribution in [0.2, 0.25) is 0 Å². The minimum absolute atomic E-state index is 0.155. The van der Waals surface area contributed by atoms with Crippen molar-refractivity contribution in [2.24, 2.45) is 5.92 Å². The lowest BCUT2D eigenvalue weighted by atomic mass is 10.0. The van der Waals surface area contributed by atoms with E-state index in [9.17, 15) is 27.6 Å². The average Bonchev–Trinajstić information content (AvgIpc) is 2.52. The fraction of sp³-hybridized carbons (Fsp3) is 0.500. The minimum atomic E-state index is -4.90. The van der Waals surface area contributed by atoms with Crippen LogP contribution in [-0.2, 0) is 23.9 Å². The quantitative estimate of drug-likeness (QED) is 0.270. The van der Waals surface area contributed by atoms with E-state index in [2.05, 4.69) is 29.2 Å². The lowest BCUT2D eigenvalue weighted by molar-refractivity contribution is -0.303. The molecule has 162 valence electrons. The van der Waals surface area contributed by atoms with Crippen LogP contribution in [-0.4, -0.2) is 40.8 Å². The summed E-state index contributed by atoms with van der Waals surface area (Å²) < 4.78 is 40.2. The molecule has 0 aromatic carbocycles. The Labute approximate surface area is 162 Å². The van der Waals surface area contributed by atoms with Crippen molar-refractivity contribution in [1.29, 1.82) is 0 Å². The van der Waals surface area contributed by atoms with Gasteiger partial charge in [-0.2, -0.15) is 0 Å². The van der Waals surface area contributed by atoms with Crippen LogP contribution in [0.1, 0.15) is 40.0 Å². The molecule has 2 N–H and O–H groups in total. The number of carbonyl (C=O) groups excluding carboxylic acids is 2. The van der Waals surface area contributed by atoms with Gasteiger partial charge in [-0.1, -0.05) is 32.6 Å². The van der Waals surface area contributed by atoms with E-state index < -0.39 is 30.6 Å². The van der Waals surface area contributed by atoms with Crippen molar-refractivity contribution in [1.82, 2.24) is 0 Å². The summed E-state index contributed by atoms with van der Waals surface area (Å²) in [6.07, 6.45) is -1.62. The maximum atomic E-state index is 11.0. The number of ether oxygens (including phenoxy) is 2. The predicted molar refractivity (Wildman–Crippen MR) is 95.8 cm³/mol. The van der Waals surface area contributed by atoms with Gasteiger partial charge in [-0.3, -0.25) is 4.79 Å². The molecule has 0 fully saturated rings. The van der Waals surface area contributed by atoms with E-state index in [1.807, 2.05) is 6.92 Å². The Bertz CT molecular complexity index is 526. The normalized spacial score (nSPS) is 11.8. The van der Waals surface area contributed by atoms with Gasteiger partial charge in [0.2, 0.25) is 0 Å². The number of alkyl halides is 3. The molecule has 0 spiro atoms. The van der Waals surface area contributed by atoms with Crippen LogP contribution < -0.4 is 0 Å². The van der Waals surface area contributed by atoms with Crippen molar-refractivity contribution in [3.05, 3.63) is 37.5 Å². The number of hydrogen-bond donors (Lipinski definition) is 2. The highest BCUT2D eigenvalue weighted by Crippen LogP contribution is 2.16. The van der Waals surface area contributed by atoms with Crippen molar-refractivity contribution >= 4 is 17.9 Å². The van der Waals surface area contributed by atoms with Gasteiger partial charge in [0.05, 0.1) is 6.42 Å². The van der Waals surface area contributed by atoms with Gasteiger partial charge in [-0.05, 0) is 26.2 Å². The number of aliphatic hydroxyl groups excluding tert-OH is 1.